The zero-order valence-corrected chi connectivity index (χ0v) is 10.7. The zero-order valence-electron chi connectivity index (χ0n) is 10.7. The van der Waals surface area contributed by atoms with E-state index in [4.69, 9.17) is 0 Å². The summed E-state index contributed by atoms with van der Waals surface area (Å²) in [6, 6.07) is 0. The predicted octanol–water partition coefficient (Wildman–Crippen LogP) is 4.25. The van der Waals surface area contributed by atoms with Crippen molar-refractivity contribution in [3.63, 3.8) is 0 Å². The van der Waals surface area contributed by atoms with Crippen LogP contribution in [0.1, 0.15) is 64.2 Å². The molecule has 1 rings (SSSR count). The highest BCUT2D eigenvalue weighted by Crippen LogP contribution is 2.15. The largest absolute Gasteiger partial charge is 0.466 e. The molecule has 2 heteroatoms. The number of hydrogen-bond acceptors (Lipinski definition) is 2. The highest BCUT2D eigenvalue weighted by molar-refractivity contribution is 5.80. The Morgan fingerprint density at radius 2 is 1.12 bits per heavy atom. The Morgan fingerprint density at radius 1 is 0.875 bits per heavy atom. The first kappa shape index (κ1) is 15.2. The molecule has 1 saturated carbocycles. The average Bonchev–Trinajstić information content (AvgIpc) is 2.36. The first-order valence-corrected chi connectivity index (χ1v) is 6.51. The van der Waals surface area contributed by atoms with Crippen LogP contribution in [0.4, 0.5) is 0 Å². The fourth-order valence-corrected chi connectivity index (χ4v) is 1.85. The lowest BCUT2D eigenvalue weighted by molar-refractivity contribution is -0.134. The van der Waals surface area contributed by atoms with Crippen molar-refractivity contribution < 1.29 is 9.53 Å². The van der Waals surface area contributed by atoms with Gasteiger partial charge in [-0.3, -0.25) is 0 Å². The fraction of sp³-hybridized carbons (Fsp3) is 0.786. The predicted molar refractivity (Wildman–Crippen MR) is 68.4 cm³/mol. The molecule has 1 fully saturated rings. The molecule has 0 amide bonds. The lowest BCUT2D eigenvalue weighted by Crippen LogP contribution is -1.91. The Labute approximate surface area is 100 Å². The summed E-state index contributed by atoms with van der Waals surface area (Å²) in [5.41, 5.74) is 0. The van der Waals surface area contributed by atoms with E-state index >= 15 is 0 Å². The molecule has 0 N–H and O–H groups in total. The number of carbonyl (C=O) groups excluding carboxylic acids is 1. The number of carbonyl (C=O) groups is 1. The summed E-state index contributed by atoms with van der Waals surface area (Å²) in [6.45, 7) is 3.16. The summed E-state index contributed by atoms with van der Waals surface area (Å²) >= 11 is 0. The van der Waals surface area contributed by atoms with Gasteiger partial charge in [-0.1, -0.05) is 70.8 Å². The minimum atomic E-state index is -0.394. The summed E-state index contributed by atoms with van der Waals surface area (Å²) in [5, 5.41) is 0. The van der Waals surface area contributed by atoms with Crippen molar-refractivity contribution in [1.82, 2.24) is 0 Å². The Balaban J connectivity index is 0.000000325. The molecular weight excluding hydrogens is 200 g/mol. The van der Waals surface area contributed by atoms with Gasteiger partial charge in [0.1, 0.15) is 0 Å². The van der Waals surface area contributed by atoms with E-state index in [9.17, 15) is 4.79 Å². The molecule has 0 unspecified atom stereocenters. The second-order valence-electron chi connectivity index (χ2n) is 4.26. The van der Waals surface area contributed by atoms with E-state index in [1.165, 1.54) is 71.3 Å². The van der Waals surface area contributed by atoms with E-state index in [-0.39, 0.29) is 0 Å². The van der Waals surface area contributed by atoms with E-state index in [1.54, 1.807) is 0 Å². The second-order valence-corrected chi connectivity index (χ2v) is 4.26. The molecule has 0 aromatic carbocycles. The van der Waals surface area contributed by atoms with Gasteiger partial charge in [-0.15, -0.1) is 0 Å². The highest BCUT2D eigenvalue weighted by atomic mass is 16.5. The standard InChI is InChI=1S/C10H20.C4H6O2/c1-2-4-6-8-10-9-7-5-3-1;1-3-4(5)6-2/h1-10H2;3H,1H2,2H3. The third kappa shape index (κ3) is 11.3. The normalized spacial score (nSPS) is 17.6. The van der Waals surface area contributed by atoms with Gasteiger partial charge in [0.05, 0.1) is 7.11 Å². The number of rotatable bonds is 1. The van der Waals surface area contributed by atoms with Crippen molar-refractivity contribution >= 4 is 5.97 Å². The van der Waals surface area contributed by atoms with E-state index < -0.39 is 5.97 Å². The molecule has 0 heterocycles. The van der Waals surface area contributed by atoms with Gasteiger partial charge in [0, 0.05) is 6.08 Å². The van der Waals surface area contributed by atoms with Crippen molar-refractivity contribution in [3.05, 3.63) is 12.7 Å². The fourth-order valence-electron chi connectivity index (χ4n) is 1.85. The average molecular weight is 226 g/mol. The molecule has 0 aromatic heterocycles. The second kappa shape index (κ2) is 12.3. The summed E-state index contributed by atoms with van der Waals surface area (Å²) in [5.74, 6) is -0.394. The van der Waals surface area contributed by atoms with E-state index in [2.05, 4.69) is 11.3 Å². The van der Waals surface area contributed by atoms with Crippen molar-refractivity contribution in [2.45, 2.75) is 64.2 Å². The van der Waals surface area contributed by atoms with Gasteiger partial charge in [-0.05, 0) is 0 Å². The molecule has 0 atom stereocenters. The highest BCUT2D eigenvalue weighted by Gasteiger charge is 1.95. The molecule has 0 aromatic rings. The maximum atomic E-state index is 9.84. The van der Waals surface area contributed by atoms with Crippen LogP contribution < -0.4 is 0 Å². The van der Waals surface area contributed by atoms with Crippen LogP contribution in [-0.4, -0.2) is 13.1 Å². The van der Waals surface area contributed by atoms with Gasteiger partial charge in [0.2, 0.25) is 0 Å². The van der Waals surface area contributed by atoms with Crippen LogP contribution in [-0.2, 0) is 9.53 Å². The van der Waals surface area contributed by atoms with E-state index in [0.29, 0.717) is 0 Å². The minimum Gasteiger partial charge on any atom is -0.466 e. The van der Waals surface area contributed by atoms with Crippen LogP contribution in [0.2, 0.25) is 0 Å². The molecule has 1 aliphatic rings. The van der Waals surface area contributed by atoms with Gasteiger partial charge >= 0.3 is 5.97 Å². The summed E-state index contributed by atoms with van der Waals surface area (Å²) in [4.78, 5) is 9.84. The van der Waals surface area contributed by atoms with Gasteiger partial charge in [0.25, 0.3) is 0 Å². The number of esters is 1. The molecule has 0 bridgehead atoms. The van der Waals surface area contributed by atoms with Gasteiger partial charge < -0.3 is 4.74 Å². The van der Waals surface area contributed by atoms with Crippen LogP contribution in [0.25, 0.3) is 0 Å². The van der Waals surface area contributed by atoms with Crippen LogP contribution in [0.15, 0.2) is 12.7 Å². The minimum absolute atomic E-state index is 0.394. The zero-order chi connectivity index (χ0) is 12.1. The number of hydrogen-bond donors (Lipinski definition) is 0. The number of ether oxygens (including phenoxy) is 1. The molecule has 1 aliphatic carbocycles. The Bertz CT molecular complexity index is 142. The maximum absolute atomic E-state index is 9.84. The van der Waals surface area contributed by atoms with Crippen molar-refractivity contribution in [1.29, 1.82) is 0 Å². The first-order chi connectivity index (χ1) is 7.81. The summed E-state index contributed by atoms with van der Waals surface area (Å²) in [7, 11) is 1.31. The van der Waals surface area contributed by atoms with Crippen molar-refractivity contribution in [2.24, 2.45) is 0 Å². The third-order valence-electron chi connectivity index (χ3n) is 2.87. The SMILES string of the molecule is C1CCCCCCCCC1.C=CC(=O)OC. The lowest BCUT2D eigenvalue weighted by Gasteiger charge is -2.05. The molecule has 0 saturated heterocycles. The van der Waals surface area contributed by atoms with Gasteiger partial charge in [-0.2, -0.15) is 0 Å². The molecule has 0 spiro atoms. The summed E-state index contributed by atoms with van der Waals surface area (Å²) < 4.78 is 4.14. The summed E-state index contributed by atoms with van der Waals surface area (Å²) in [6.07, 6.45) is 16.1. The molecular formula is C14H26O2. The Hall–Kier alpha value is -0.790. The van der Waals surface area contributed by atoms with Crippen LogP contribution in [0.3, 0.4) is 0 Å². The van der Waals surface area contributed by atoms with Gasteiger partial charge in [0.15, 0.2) is 0 Å². The van der Waals surface area contributed by atoms with Crippen LogP contribution in [0, 0.1) is 0 Å². The smallest absolute Gasteiger partial charge is 0.329 e. The van der Waals surface area contributed by atoms with Crippen LogP contribution >= 0.6 is 0 Å². The lowest BCUT2D eigenvalue weighted by atomic mass is 10.0. The molecule has 2 nitrogen and oxygen atoms in total. The quantitative estimate of drug-likeness (QED) is 0.493. The van der Waals surface area contributed by atoms with Crippen LogP contribution in [0.5, 0.6) is 0 Å². The first-order valence-electron chi connectivity index (χ1n) is 6.51. The van der Waals surface area contributed by atoms with Crippen molar-refractivity contribution in [3.8, 4) is 0 Å². The monoisotopic (exact) mass is 226 g/mol. The molecule has 94 valence electrons. The Kier molecular flexibility index (Phi) is 11.7. The molecule has 0 radical (unpaired) electrons. The van der Waals surface area contributed by atoms with E-state index in [1.807, 2.05) is 0 Å². The topological polar surface area (TPSA) is 26.3 Å². The van der Waals surface area contributed by atoms with E-state index in [0.717, 1.165) is 6.08 Å². The molecule has 0 aliphatic heterocycles. The van der Waals surface area contributed by atoms with Gasteiger partial charge in [-0.25, -0.2) is 4.79 Å². The third-order valence-corrected chi connectivity index (χ3v) is 2.87. The Morgan fingerprint density at radius 3 is 1.19 bits per heavy atom. The maximum Gasteiger partial charge on any atom is 0.329 e. The molecule has 16 heavy (non-hydrogen) atoms. The number of methoxy groups -OCH3 is 1. The van der Waals surface area contributed by atoms with Crippen molar-refractivity contribution in [2.75, 3.05) is 7.11 Å².